The Labute approximate surface area is 168 Å². The summed E-state index contributed by atoms with van der Waals surface area (Å²) >= 11 is 0. The summed E-state index contributed by atoms with van der Waals surface area (Å²) in [4.78, 5) is 20.2. The van der Waals surface area contributed by atoms with Crippen molar-refractivity contribution in [1.82, 2.24) is 9.97 Å². The van der Waals surface area contributed by atoms with Crippen LogP contribution in [0.1, 0.15) is 23.0 Å². The van der Waals surface area contributed by atoms with Crippen LogP contribution in [0.25, 0.3) is 32.9 Å². The van der Waals surface area contributed by atoms with E-state index in [1.807, 2.05) is 30.3 Å². The number of rotatable bonds is 6. The molecule has 0 radical (unpaired) electrons. The maximum atomic E-state index is 12.4. The molecule has 6 heteroatoms. The third-order valence-corrected chi connectivity index (χ3v) is 4.90. The molecule has 0 bridgehead atoms. The number of benzene rings is 2. The molecule has 0 unspecified atom stereocenters. The van der Waals surface area contributed by atoms with Gasteiger partial charge in [0.2, 0.25) is 0 Å². The van der Waals surface area contributed by atoms with Crippen molar-refractivity contribution < 1.29 is 19.0 Å². The van der Waals surface area contributed by atoms with Crippen LogP contribution in [-0.2, 0) is 16.1 Å². The van der Waals surface area contributed by atoms with Crippen LogP contribution in [0.5, 0.6) is 5.75 Å². The average Bonchev–Trinajstić information content (AvgIpc) is 3.12. The van der Waals surface area contributed by atoms with Gasteiger partial charge in [0, 0.05) is 29.0 Å². The first kappa shape index (κ1) is 19.0. The Bertz CT molecular complexity index is 1200. The molecule has 0 atom stereocenters. The van der Waals surface area contributed by atoms with Gasteiger partial charge in [-0.2, -0.15) is 0 Å². The molecular weight excluding hydrogens is 368 g/mol. The number of methoxy groups -OCH3 is 2. The van der Waals surface area contributed by atoms with Crippen molar-refractivity contribution in [2.75, 3.05) is 20.8 Å². The fraction of sp³-hybridized carbons (Fsp3) is 0.217. The van der Waals surface area contributed by atoms with E-state index >= 15 is 0 Å². The van der Waals surface area contributed by atoms with Crippen molar-refractivity contribution in [2.45, 2.75) is 13.5 Å². The lowest BCUT2D eigenvalue weighted by atomic mass is 10.0. The normalized spacial score (nSPS) is 11.1. The highest BCUT2D eigenvalue weighted by molar-refractivity contribution is 6.12. The molecule has 0 spiro atoms. The van der Waals surface area contributed by atoms with Gasteiger partial charge in [0.1, 0.15) is 5.75 Å². The minimum absolute atomic E-state index is 0.259. The molecule has 0 amide bonds. The second kappa shape index (κ2) is 7.93. The number of carbonyl (C=O) groups excluding carboxylic acids is 1. The molecule has 0 aliphatic carbocycles. The highest BCUT2D eigenvalue weighted by Gasteiger charge is 2.20. The van der Waals surface area contributed by atoms with Gasteiger partial charge in [-0.05, 0) is 42.3 Å². The Hall–Kier alpha value is -3.38. The fourth-order valence-electron chi connectivity index (χ4n) is 3.60. The van der Waals surface area contributed by atoms with E-state index in [9.17, 15) is 4.79 Å². The molecule has 0 saturated heterocycles. The van der Waals surface area contributed by atoms with Gasteiger partial charge in [0.25, 0.3) is 0 Å². The number of esters is 1. The number of carbonyl (C=O) groups is 1. The topological polar surface area (TPSA) is 73.4 Å². The number of H-pyrrole nitrogens is 1. The van der Waals surface area contributed by atoms with Crippen molar-refractivity contribution in [3.05, 3.63) is 59.9 Å². The first-order chi connectivity index (χ1) is 14.2. The lowest BCUT2D eigenvalue weighted by Crippen LogP contribution is -2.11. The van der Waals surface area contributed by atoms with E-state index in [0.29, 0.717) is 6.61 Å². The molecule has 0 saturated carbocycles. The number of hydrogen-bond donors (Lipinski definition) is 1. The molecule has 0 aliphatic heterocycles. The number of pyridine rings is 1. The van der Waals surface area contributed by atoms with Gasteiger partial charge in [0.05, 0.1) is 32.0 Å². The predicted molar refractivity (Wildman–Crippen MR) is 112 cm³/mol. The zero-order chi connectivity index (χ0) is 20.4. The Morgan fingerprint density at radius 3 is 2.66 bits per heavy atom. The number of ether oxygens (including phenoxy) is 3. The van der Waals surface area contributed by atoms with E-state index in [1.165, 1.54) is 0 Å². The van der Waals surface area contributed by atoms with Crippen molar-refractivity contribution in [3.8, 4) is 16.9 Å². The van der Waals surface area contributed by atoms with Crippen LogP contribution < -0.4 is 4.74 Å². The summed E-state index contributed by atoms with van der Waals surface area (Å²) in [6, 6.07) is 14.1. The number of aromatic nitrogens is 2. The van der Waals surface area contributed by atoms with Gasteiger partial charge in [-0.25, -0.2) is 9.78 Å². The lowest BCUT2D eigenvalue weighted by Gasteiger charge is -2.09. The molecule has 29 heavy (non-hydrogen) atoms. The first-order valence-electron chi connectivity index (χ1n) is 9.40. The molecule has 1 N–H and O–H groups in total. The zero-order valence-corrected chi connectivity index (χ0v) is 16.6. The largest absolute Gasteiger partial charge is 0.497 e. The van der Waals surface area contributed by atoms with Gasteiger partial charge in [-0.1, -0.05) is 18.2 Å². The number of hydrogen-bond acceptors (Lipinski definition) is 5. The number of nitrogens with one attached hydrogen (secondary N) is 1. The molecule has 2 aromatic carbocycles. The second-order valence-corrected chi connectivity index (χ2v) is 6.64. The Morgan fingerprint density at radius 1 is 1.07 bits per heavy atom. The van der Waals surface area contributed by atoms with Gasteiger partial charge in [-0.3, -0.25) is 0 Å². The number of fused-ring (bicyclic) bond motifs is 3. The van der Waals surface area contributed by atoms with Crippen LogP contribution in [0, 0.1) is 0 Å². The summed E-state index contributed by atoms with van der Waals surface area (Å²) in [6.45, 7) is 2.33. The molecule has 4 aromatic rings. The Kier molecular flexibility index (Phi) is 5.18. The van der Waals surface area contributed by atoms with Crippen molar-refractivity contribution in [2.24, 2.45) is 0 Å². The number of aromatic amines is 1. The summed E-state index contributed by atoms with van der Waals surface area (Å²) < 4.78 is 15.9. The third-order valence-electron chi connectivity index (χ3n) is 4.90. The Balaban J connectivity index is 1.95. The van der Waals surface area contributed by atoms with E-state index in [-0.39, 0.29) is 12.3 Å². The molecule has 4 rings (SSSR count). The van der Waals surface area contributed by atoms with Crippen molar-refractivity contribution in [3.63, 3.8) is 0 Å². The summed E-state index contributed by atoms with van der Waals surface area (Å²) in [7, 11) is 3.26. The summed E-state index contributed by atoms with van der Waals surface area (Å²) in [5.74, 6) is 0.357. The molecule has 2 aromatic heterocycles. The maximum Gasteiger partial charge on any atom is 0.357 e. The van der Waals surface area contributed by atoms with Gasteiger partial charge in [-0.15, -0.1) is 0 Å². The summed E-state index contributed by atoms with van der Waals surface area (Å²) in [5.41, 5.74) is 4.92. The fourth-order valence-corrected chi connectivity index (χ4v) is 3.60. The molecule has 6 nitrogen and oxygen atoms in total. The van der Waals surface area contributed by atoms with Crippen LogP contribution >= 0.6 is 0 Å². The predicted octanol–water partition coefficient (Wildman–Crippen LogP) is 4.71. The van der Waals surface area contributed by atoms with E-state index in [4.69, 9.17) is 14.2 Å². The van der Waals surface area contributed by atoms with E-state index in [1.54, 1.807) is 27.3 Å². The molecule has 0 fully saturated rings. The SMILES string of the molecule is CCOC(=O)c1ncc2[nH]c3ccc(-c4cccc(OC)c4)cc3c2c1COC. The van der Waals surface area contributed by atoms with E-state index in [0.717, 1.165) is 44.2 Å². The number of nitrogens with zero attached hydrogens (tertiary/aromatic N) is 1. The lowest BCUT2D eigenvalue weighted by molar-refractivity contribution is 0.0514. The van der Waals surface area contributed by atoms with Crippen molar-refractivity contribution in [1.29, 1.82) is 0 Å². The minimum Gasteiger partial charge on any atom is -0.497 e. The van der Waals surface area contributed by atoms with Crippen LogP contribution in [-0.4, -0.2) is 36.8 Å². The second-order valence-electron chi connectivity index (χ2n) is 6.64. The maximum absolute atomic E-state index is 12.4. The summed E-state index contributed by atoms with van der Waals surface area (Å²) in [5, 5.41) is 1.92. The molecular formula is C23H22N2O4. The van der Waals surface area contributed by atoms with Gasteiger partial charge >= 0.3 is 5.97 Å². The molecule has 148 valence electrons. The quantitative estimate of drug-likeness (QED) is 0.483. The first-order valence-corrected chi connectivity index (χ1v) is 9.40. The molecule has 0 aliphatic rings. The zero-order valence-electron chi connectivity index (χ0n) is 16.6. The molecule has 2 heterocycles. The van der Waals surface area contributed by atoms with Crippen LogP contribution in [0.3, 0.4) is 0 Å². The van der Waals surface area contributed by atoms with Gasteiger partial charge < -0.3 is 19.2 Å². The van der Waals surface area contributed by atoms with Crippen LogP contribution in [0.15, 0.2) is 48.7 Å². The third kappa shape index (κ3) is 3.43. The van der Waals surface area contributed by atoms with Crippen LogP contribution in [0.4, 0.5) is 0 Å². The van der Waals surface area contributed by atoms with Crippen LogP contribution in [0.2, 0.25) is 0 Å². The Morgan fingerprint density at radius 2 is 1.90 bits per heavy atom. The highest BCUT2D eigenvalue weighted by atomic mass is 16.5. The average molecular weight is 390 g/mol. The standard InChI is InChI=1S/C23H22N2O4/c1-4-29-23(26)22-18(13-27-2)21-17-11-15(14-6-5-7-16(10-14)28-3)8-9-19(17)25-20(21)12-24-22/h5-12,25H,4,13H2,1-3H3. The van der Waals surface area contributed by atoms with E-state index in [2.05, 4.69) is 22.1 Å². The van der Waals surface area contributed by atoms with E-state index < -0.39 is 5.97 Å². The van der Waals surface area contributed by atoms with Gasteiger partial charge in [0.15, 0.2) is 5.69 Å². The summed E-state index contributed by atoms with van der Waals surface area (Å²) in [6.07, 6.45) is 1.67. The minimum atomic E-state index is -0.445. The monoisotopic (exact) mass is 390 g/mol. The van der Waals surface area contributed by atoms with Crippen molar-refractivity contribution >= 4 is 27.8 Å². The smallest absolute Gasteiger partial charge is 0.357 e. The highest BCUT2D eigenvalue weighted by Crippen LogP contribution is 2.34.